The van der Waals surface area contributed by atoms with E-state index in [4.69, 9.17) is 4.42 Å². The van der Waals surface area contributed by atoms with Crippen LogP contribution in [0.3, 0.4) is 0 Å². The number of nitrogens with zero attached hydrogens (tertiary/aromatic N) is 2. The van der Waals surface area contributed by atoms with Crippen molar-refractivity contribution < 1.29 is 4.42 Å². The van der Waals surface area contributed by atoms with Crippen molar-refractivity contribution in [3.63, 3.8) is 0 Å². The van der Waals surface area contributed by atoms with E-state index in [1.54, 1.807) is 6.33 Å². The molecule has 0 atom stereocenters. The fraction of sp³-hybridized carbons (Fsp3) is 0. The predicted molar refractivity (Wildman–Crippen MR) is 176 cm³/mol. The SMILES string of the molecule is c1cc(-c2ccc(-c3cccc4c3sc3ccccc34)cc2)cc(-c2ncnc3c2oc2ccc4ccccc4c23)c1. The van der Waals surface area contributed by atoms with Crippen LogP contribution < -0.4 is 0 Å². The zero-order chi connectivity index (χ0) is 27.6. The summed E-state index contributed by atoms with van der Waals surface area (Å²) >= 11 is 1.87. The van der Waals surface area contributed by atoms with Crippen molar-refractivity contribution in [2.45, 2.75) is 0 Å². The molecule has 9 aromatic rings. The third-order valence-electron chi connectivity index (χ3n) is 8.21. The molecule has 0 aliphatic rings. The Labute approximate surface area is 245 Å². The first-order valence-corrected chi connectivity index (χ1v) is 14.8. The first-order chi connectivity index (χ1) is 20.8. The van der Waals surface area contributed by atoms with Gasteiger partial charge >= 0.3 is 0 Å². The van der Waals surface area contributed by atoms with E-state index in [-0.39, 0.29) is 0 Å². The molecule has 6 aromatic carbocycles. The summed E-state index contributed by atoms with van der Waals surface area (Å²) in [5, 5.41) is 5.98. The lowest BCUT2D eigenvalue weighted by atomic mass is 9.97. The number of fused-ring (bicyclic) bond motifs is 8. The first-order valence-electron chi connectivity index (χ1n) is 14.0. The summed E-state index contributed by atoms with van der Waals surface area (Å²) in [6.07, 6.45) is 1.64. The quantitative estimate of drug-likeness (QED) is 0.218. The zero-order valence-corrected chi connectivity index (χ0v) is 23.2. The first kappa shape index (κ1) is 23.4. The van der Waals surface area contributed by atoms with E-state index >= 15 is 0 Å². The van der Waals surface area contributed by atoms with Crippen molar-refractivity contribution in [3.05, 3.63) is 134 Å². The predicted octanol–water partition coefficient (Wildman–Crippen LogP) is 10.9. The number of benzene rings is 6. The van der Waals surface area contributed by atoms with Crippen LogP contribution in [-0.2, 0) is 0 Å². The van der Waals surface area contributed by atoms with Gasteiger partial charge in [0.15, 0.2) is 5.58 Å². The smallest absolute Gasteiger partial charge is 0.180 e. The molecule has 0 bridgehead atoms. The van der Waals surface area contributed by atoms with E-state index in [0.29, 0.717) is 5.58 Å². The molecule has 0 spiro atoms. The van der Waals surface area contributed by atoms with E-state index < -0.39 is 0 Å². The molecule has 0 aliphatic carbocycles. The van der Waals surface area contributed by atoms with E-state index in [1.165, 1.54) is 36.7 Å². The molecule has 0 amide bonds. The van der Waals surface area contributed by atoms with Crippen LogP contribution in [0, 0.1) is 0 Å². The van der Waals surface area contributed by atoms with Crippen molar-refractivity contribution in [1.82, 2.24) is 9.97 Å². The number of hydrogen-bond acceptors (Lipinski definition) is 4. The lowest BCUT2D eigenvalue weighted by molar-refractivity contribution is 0.667. The van der Waals surface area contributed by atoms with Crippen LogP contribution in [0.1, 0.15) is 0 Å². The molecule has 42 heavy (non-hydrogen) atoms. The third-order valence-corrected chi connectivity index (χ3v) is 9.43. The van der Waals surface area contributed by atoms with Crippen molar-refractivity contribution >= 4 is 64.4 Å². The molecule has 3 aromatic heterocycles. The molecule has 0 radical (unpaired) electrons. The normalized spacial score (nSPS) is 11.8. The topological polar surface area (TPSA) is 38.9 Å². The lowest BCUT2D eigenvalue weighted by Gasteiger charge is -2.08. The minimum atomic E-state index is 0.716. The van der Waals surface area contributed by atoms with Crippen molar-refractivity contribution in [2.75, 3.05) is 0 Å². The van der Waals surface area contributed by atoms with Crippen LogP contribution >= 0.6 is 11.3 Å². The van der Waals surface area contributed by atoms with Crippen LogP contribution in [0.15, 0.2) is 138 Å². The number of furan rings is 1. The van der Waals surface area contributed by atoms with E-state index in [1.807, 2.05) is 17.4 Å². The Kier molecular flexibility index (Phi) is 5.07. The maximum absolute atomic E-state index is 6.39. The largest absolute Gasteiger partial charge is 0.452 e. The summed E-state index contributed by atoms with van der Waals surface area (Å²) in [5.41, 5.74) is 8.97. The van der Waals surface area contributed by atoms with Crippen LogP contribution in [0.5, 0.6) is 0 Å². The Bertz CT molecular complexity index is 2470. The fourth-order valence-electron chi connectivity index (χ4n) is 6.21. The summed E-state index contributed by atoms with van der Waals surface area (Å²) in [7, 11) is 0. The molecule has 0 saturated carbocycles. The molecular weight excluding hydrogens is 532 g/mol. The van der Waals surface area contributed by atoms with Crippen LogP contribution in [-0.4, -0.2) is 9.97 Å². The van der Waals surface area contributed by atoms with E-state index in [9.17, 15) is 0 Å². The van der Waals surface area contributed by atoms with E-state index in [2.05, 4.69) is 131 Å². The maximum Gasteiger partial charge on any atom is 0.180 e. The second-order valence-electron chi connectivity index (χ2n) is 10.6. The average Bonchev–Trinajstić information content (AvgIpc) is 3.64. The van der Waals surface area contributed by atoms with Gasteiger partial charge < -0.3 is 4.42 Å². The molecule has 3 heterocycles. The van der Waals surface area contributed by atoms with Gasteiger partial charge in [-0.15, -0.1) is 11.3 Å². The van der Waals surface area contributed by atoms with Gasteiger partial charge in [0.2, 0.25) is 0 Å². The lowest BCUT2D eigenvalue weighted by Crippen LogP contribution is -1.88. The molecule has 3 nitrogen and oxygen atoms in total. The van der Waals surface area contributed by atoms with Crippen molar-refractivity contribution in [2.24, 2.45) is 0 Å². The van der Waals surface area contributed by atoms with Crippen molar-refractivity contribution in [3.8, 4) is 33.5 Å². The molecule has 0 N–H and O–H groups in total. The van der Waals surface area contributed by atoms with Gasteiger partial charge in [-0.1, -0.05) is 109 Å². The average molecular weight is 555 g/mol. The summed E-state index contributed by atoms with van der Waals surface area (Å²) in [5.74, 6) is 0. The molecule has 9 rings (SSSR count). The Morgan fingerprint density at radius 2 is 1.31 bits per heavy atom. The molecule has 0 unspecified atom stereocenters. The van der Waals surface area contributed by atoms with Gasteiger partial charge in [-0.3, -0.25) is 0 Å². The number of thiophene rings is 1. The summed E-state index contributed by atoms with van der Waals surface area (Å²) in [6, 6.07) is 45.2. The fourth-order valence-corrected chi connectivity index (χ4v) is 7.45. The highest BCUT2D eigenvalue weighted by molar-refractivity contribution is 7.26. The molecule has 196 valence electrons. The van der Waals surface area contributed by atoms with Gasteiger partial charge in [-0.05, 0) is 51.2 Å². The maximum atomic E-state index is 6.39. The molecule has 0 saturated heterocycles. The number of aromatic nitrogens is 2. The second-order valence-corrected chi connectivity index (χ2v) is 11.7. The molecule has 0 fully saturated rings. The monoisotopic (exact) mass is 554 g/mol. The van der Waals surface area contributed by atoms with Gasteiger partial charge in [-0.25, -0.2) is 9.97 Å². The molecule has 4 heteroatoms. The minimum Gasteiger partial charge on any atom is -0.452 e. The zero-order valence-electron chi connectivity index (χ0n) is 22.4. The van der Waals surface area contributed by atoms with E-state index in [0.717, 1.165) is 44.3 Å². The van der Waals surface area contributed by atoms with Gasteiger partial charge in [0.25, 0.3) is 0 Å². The third kappa shape index (κ3) is 3.52. The Morgan fingerprint density at radius 1 is 0.548 bits per heavy atom. The summed E-state index contributed by atoms with van der Waals surface area (Å²) in [6.45, 7) is 0. The highest BCUT2D eigenvalue weighted by Gasteiger charge is 2.17. The molecule has 0 aliphatic heterocycles. The molecular formula is C38H22N2OS. The van der Waals surface area contributed by atoms with Crippen LogP contribution in [0.25, 0.3) is 86.5 Å². The number of hydrogen-bond donors (Lipinski definition) is 0. The summed E-state index contributed by atoms with van der Waals surface area (Å²) in [4.78, 5) is 9.34. The minimum absolute atomic E-state index is 0.716. The van der Waals surface area contributed by atoms with Crippen LogP contribution in [0.2, 0.25) is 0 Å². The van der Waals surface area contributed by atoms with Gasteiger partial charge in [0, 0.05) is 25.7 Å². The van der Waals surface area contributed by atoms with Gasteiger partial charge in [-0.2, -0.15) is 0 Å². The highest BCUT2D eigenvalue weighted by atomic mass is 32.1. The van der Waals surface area contributed by atoms with Gasteiger partial charge in [0.1, 0.15) is 23.1 Å². The Hall–Kier alpha value is -5.32. The second kappa shape index (κ2) is 9.10. The summed E-state index contributed by atoms with van der Waals surface area (Å²) < 4.78 is 9.05. The Morgan fingerprint density at radius 3 is 2.24 bits per heavy atom. The standard InChI is InChI=1S/C38H22N2OS/c1-2-10-28-24(7-1)19-20-32-34(28)36-37(41-32)35(39-22-40-36)27-9-5-8-26(21-27)23-15-17-25(18-16-23)29-12-6-13-31-30-11-3-4-14-33(30)42-38(29)31/h1-22H. The highest BCUT2D eigenvalue weighted by Crippen LogP contribution is 2.41. The Balaban J connectivity index is 1.13. The number of rotatable bonds is 3. The van der Waals surface area contributed by atoms with Crippen molar-refractivity contribution in [1.29, 1.82) is 0 Å². The van der Waals surface area contributed by atoms with Gasteiger partial charge in [0.05, 0.1) is 5.39 Å². The van der Waals surface area contributed by atoms with Crippen LogP contribution in [0.4, 0.5) is 0 Å².